The maximum Gasteiger partial charge on any atom is 0.313 e. The van der Waals surface area contributed by atoms with Crippen LogP contribution in [0, 0.1) is 6.92 Å². The van der Waals surface area contributed by atoms with Crippen molar-refractivity contribution in [3.8, 4) is 11.3 Å². The molecule has 23 heavy (non-hydrogen) atoms. The number of carbonyl (C=O) groups excluding carboxylic acids is 1. The molecule has 0 saturated carbocycles. The van der Waals surface area contributed by atoms with Crippen molar-refractivity contribution < 1.29 is 14.7 Å². The summed E-state index contributed by atoms with van der Waals surface area (Å²) in [6.07, 6.45) is 0.742. The number of carboxylic acid groups (broad SMARTS) is 1. The number of nitrogens with zero attached hydrogens (tertiary/aromatic N) is 1. The number of carbonyl (C=O) groups is 2. The van der Waals surface area contributed by atoms with Crippen LogP contribution in [-0.2, 0) is 16.0 Å². The van der Waals surface area contributed by atoms with Crippen molar-refractivity contribution in [2.24, 2.45) is 0 Å². The van der Waals surface area contributed by atoms with Gasteiger partial charge in [0.25, 0.3) is 0 Å². The van der Waals surface area contributed by atoms with E-state index in [1.165, 1.54) is 0 Å². The Bertz CT molecular complexity index is 668. The van der Waals surface area contributed by atoms with Crippen LogP contribution in [-0.4, -0.2) is 40.0 Å². The molecule has 0 atom stereocenters. The highest BCUT2D eigenvalue weighted by atomic mass is 32.2. The Balaban J connectivity index is 1.74. The third-order valence-electron chi connectivity index (χ3n) is 3.06. The van der Waals surface area contributed by atoms with Gasteiger partial charge in [0.05, 0.1) is 22.2 Å². The molecular formula is C16H18N2O3S2. The summed E-state index contributed by atoms with van der Waals surface area (Å²) >= 11 is 2.73. The van der Waals surface area contributed by atoms with Crippen molar-refractivity contribution in [1.82, 2.24) is 10.3 Å². The molecule has 0 radical (unpaired) electrons. The van der Waals surface area contributed by atoms with Gasteiger partial charge in [-0.05, 0) is 18.9 Å². The summed E-state index contributed by atoms with van der Waals surface area (Å²) in [5.74, 6) is -0.914. The Labute approximate surface area is 143 Å². The molecule has 1 aromatic carbocycles. The van der Waals surface area contributed by atoms with E-state index < -0.39 is 5.97 Å². The number of thioether (sulfide) groups is 1. The number of benzene rings is 1. The minimum absolute atomic E-state index is 0.0506. The molecule has 0 unspecified atom stereocenters. The number of aromatic nitrogens is 1. The Kier molecular flexibility index (Phi) is 6.61. The van der Waals surface area contributed by atoms with Crippen LogP contribution in [0.5, 0.6) is 0 Å². The van der Waals surface area contributed by atoms with Crippen molar-refractivity contribution in [1.29, 1.82) is 0 Å². The van der Waals surface area contributed by atoms with Gasteiger partial charge in [-0.1, -0.05) is 24.3 Å². The second-order valence-corrected chi connectivity index (χ2v) is 6.98. The molecule has 0 fully saturated rings. The average molecular weight is 350 g/mol. The number of hydrogen-bond acceptors (Lipinski definition) is 5. The van der Waals surface area contributed by atoms with Crippen LogP contribution in [0.1, 0.15) is 10.6 Å². The highest BCUT2D eigenvalue weighted by Crippen LogP contribution is 2.21. The van der Waals surface area contributed by atoms with Gasteiger partial charge >= 0.3 is 5.97 Å². The molecule has 0 spiro atoms. The molecule has 5 nitrogen and oxygen atoms in total. The number of aliphatic carboxylic acids is 1. The topological polar surface area (TPSA) is 79.3 Å². The van der Waals surface area contributed by atoms with Crippen molar-refractivity contribution in [2.45, 2.75) is 13.3 Å². The van der Waals surface area contributed by atoms with E-state index in [4.69, 9.17) is 5.11 Å². The van der Waals surface area contributed by atoms with Crippen LogP contribution in [0.15, 0.2) is 29.6 Å². The van der Waals surface area contributed by atoms with Crippen molar-refractivity contribution in [3.05, 3.63) is 40.2 Å². The molecule has 2 aromatic rings. The van der Waals surface area contributed by atoms with E-state index in [-0.39, 0.29) is 17.4 Å². The molecule has 1 amide bonds. The number of aryl methyl sites for hydroxylation is 1. The average Bonchev–Trinajstić information content (AvgIpc) is 2.94. The first-order chi connectivity index (χ1) is 11.0. The van der Waals surface area contributed by atoms with Crippen LogP contribution in [0.3, 0.4) is 0 Å². The maximum absolute atomic E-state index is 11.5. The normalized spacial score (nSPS) is 10.5. The second kappa shape index (κ2) is 8.69. The number of amides is 1. The molecule has 1 aromatic heterocycles. The van der Waals surface area contributed by atoms with Crippen LogP contribution >= 0.6 is 23.1 Å². The summed E-state index contributed by atoms with van der Waals surface area (Å²) in [5.41, 5.74) is 3.22. The van der Waals surface area contributed by atoms with E-state index in [1.807, 2.05) is 36.6 Å². The van der Waals surface area contributed by atoms with Crippen LogP contribution in [0.2, 0.25) is 0 Å². The third kappa shape index (κ3) is 6.03. The predicted octanol–water partition coefficient (Wildman–Crippen LogP) is 2.60. The van der Waals surface area contributed by atoms with Gasteiger partial charge in [0.1, 0.15) is 0 Å². The van der Waals surface area contributed by atoms with Gasteiger partial charge in [0, 0.05) is 17.5 Å². The smallest absolute Gasteiger partial charge is 0.313 e. The summed E-state index contributed by atoms with van der Waals surface area (Å²) in [5, 5.41) is 14.4. The quantitative estimate of drug-likeness (QED) is 0.765. The summed E-state index contributed by atoms with van der Waals surface area (Å²) < 4.78 is 0. The van der Waals surface area contributed by atoms with Gasteiger partial charge in [0.2, 0.25) is 5.91 Å². The first kappa shape index (κ1) is 17.5. The Morgan fingerprint density at radius 3 is 2.61 bits per heavy atom. The second-order valence-electron chi connectivity index (χ2n) is 4.94. The van der Waals surface area contributed by atoms with Crippen molar-refractivity contribution in [2.75, 3.05) is 18.1 Å². The summed E-state index contributed by atoms with van der Waals surface area (Å²) in [4.78, 5) is 26.3. The largest absolute Gasteiger partial charge is 0.481 e. The van der Waals surface area contributed by atoms with E-state index in [0.717, 1.165) is 40.0 Å². The fraction of sp³-hybridized carbons (Fsp3) is 0.312. The molecule has 0 aliphatic heterocycles. The first-order valence-corrected chi connectivity index (χ1v) is 9.15. The Morgan fingerprint density at radius 1 is 1.26 bits per heavy atom. The zero-order chi connectivity index (χ0) is 16.7. The molecule has 0 bridgehead atoms. The minimum atomic E-state index is -0.904. The lowest BCUT2D eigenvalue weighted by Crippen LogP contribution is -2.27. The van der Waals surface area contributed by atoms with Gasteiger partial charge < -0.3 is 10.4 Å². The standard InChI is InChI=1S/C16H18N2O3S2/c1-11-18-14(8-23-11)13-4-2-12(3-5-13)6-7-17-15(19)9-22-10-16(20)21/h2-5,8H,6-7,9-10H2,1H3,(H,17,19)(H,20,21). The molecule has 2 rings (SSSR count). The van der Waals surface area contributed by atoms with Gasteiger partial charge in [0.15, 0.2) is 0 Å². The lowest BCUT2D eigenvalue weighted by Gasteiger charge is -2.05. The molecule has 1 heterocycles. The maximum atomic E-state index is 11.5. The van der Waals surface area contributed by atoms with Crippen LogP contribution in [0.4, 0.5) is 0 Å². The van der Waals surface area contributed by atoms with E-state index in [1.54, 1.807) is 11.3 Å². The lowest BCUT2D eigenvalue weighted by atomic mass is 10.1. The highest BCUT2D eigenvalue weighted by Gasteiger charge is 2.05. The minimum Gasteiger partial charge on any atom is -0.481 e. The fourth-order valence-electron chi connectivity index (χ4n) is 1.97. The van der Waals surface area contributed by atoms with Crippen LogP contribution < -0.4 is 5.32 Å². The molecule has 7 heteroatoms. The zero-order valence-electron chi connectivity index (χ0n) is 12.7. The van der Waals surface area contributed by atoms with Gasteiger partial charge in [-0.2, -0.15) is 0 Å². The van der Waals surface area contributed by atoms with Gasteiger partial charge in [-0.25, -0.2) is 4.98 Å². The zero-order valence-corrected chi connectivity index (χ0v) is 14.4. The van der Waals surface area contributed by atoms with Crippen molar-refractivity contribution in [3.63, 3.8) is 0 Å². The monoisotopic (exact) mass is 350 g/mol. The molecule has 122 valence electrons. The number of hydrogen-bond donors (Lipinski definition) is 2. The van der Waals surface area contributed by atoms with Gasteiger partial charge in [-0.3, -0.25) is 9.59 Å². The number of carboxylic acids is 1. The highest BCUT2D eigenvalue weighted by molar-refractivity contribution is 8.00. The Morgan fingerprint density at radius 2 is 2.00 bits per heavy atom. The summed E-state index contributed by atoms with van der Waals surface area (Å²) in [7, 11) is 0. The van der Waals surface area contributed by atoms with E-state index >= 15 is 0 Å². The summed E-state index contributed by atoms with van der Waals surface area (Å²) in [6, 6.07) is 8.15. The number of thiazole rings is 1. The SMILES string of the molecule is Cc1nc(-c2ccc(CCNC(=O)CSCC(=O)O)cc2)cs1. The number of nitrogens with one attached hydrogen (secondary N) is 1. The molecule has 0 aliphatic carbocycles. The molecule has 0 aliphatic rings. The predicted molar refractivity (Wildman–Crippen MR) is 94.0 cm³/mol. The lowest BCUT2D eigenvalue weighted by molar-refractivity contribution is -0.133. The summed E-state index contributed by atoms with van der Waals surface area (Å²) in [6.45, 7) is 2.53. The Hall–Kier alpha value is -1.86. The van der Waals surface area contributed by atoms with E-state index in [0.29, 0.717) is 6.54 Å². The molecule has 0 saturated heterocycles. The number of rotatable bonds is 8. The molecule has 2 N–H and O–H groups in total. The van der Waals surface area contributed by atoms with E-state index in [2.05, 4.69) is 10.3 Å². The molecular weight excluding hydrogens is 332 g/mol. The van der Waals surface area contributed by atoms with E-state index in [9.17, 15) is 9.59 Å². The van der Waals surface area contributed by atoms with Crippen LogP contribution in [0.25, 0.3) is 11.3 Å². The van der Waals surface area contributed by atoms with Gasteiger partial charge in [-0.15, -0.1) is 23.1 Å². The fourth-order valence-corrected chi connectivity index (χ4v) is 3.15. The third-order valence-corrected chi connectivity index (χ3v) is 4.75. The van der Waals surface area contributed by atoms with Crippen molar-refractivity contribution >= 4 is 35.0 Å². The first-order valence-electron chi connectivity index (χ1n) is 7.12.